The van der Waals surface area contributed by atoms with Gasteiger partial charge in [0.1, 0.15) is 6.04 Å². The van der Waals surface area contributed by atoms with E-state index in [0.29, 0.717) is 31.8 Å². The zero-order chi connectivity index (χ0) is 25.2. The van der Waals surface area contributed by atoms with Crippen molar-refractivity contribution in [2.45, 2.75) is 70.4 Å². The Labute approximate surface area is 210 Å². The van der Waals surface area contributed by atoms with E-state index in [-0.39, 0.29) is 23.8 Å². The molecule has 8 heteroatoms. The largest absolute Gasteiger partial charge is 0.344 e. The van der Waals surface area contributed by atoms with E-state index >= 15 is 0 Å². The number of nitrogens with one attached hydrogen (secondary N) is 3. The number of hydrogen-bond donors (Lipinski definition) is 3. The smallest absolute Gasteiger partial charge is 0.245 e. The van der Waals surface area contributed by atoms with Gasteiger partial charge in [-0.15, -0.1) is 0 Å². The van der Waals surface area contributed by atoms with Crippen LogP contribution in [0.3, 0.4) is 0 Å². The summed E-state index contributed by atoms with van der Waals surface area (Å²) in [6.45, 7) is 4.81. The van der Waals surface area contributed by atoms with Crippen molar-refractivity contribution in [3.05, 3.63) is 29.8 Å². The SMILES string of the molecule is CCC(=O)N[C@H](Cc1ccc(NC(=O)[C@@H](NC)C2CCCCCC2)cc1)C(=O)N1CCN(C)CC1. The molecule has 1 aromatic carbocycles. The minimum Gasteiger partial charge on any atom is -0.344 e. The standard InChI is InChI=1S/C27H43N5O3/c1-4-24(33)30-23(27(35)32-17-15-31(3)16-18-32)19-20-11-13-22(14-12-20)29-26(34)25(28-2)21-9-7-5-6-8-10-21/h11-14,21,23,25,28H,4-10,15-19H2,1-3H3,(H,29,34)(H,30,33)/t23-,25+/m1/s1. The second kappa shape index (κ2) is 13.6. The zero-order valence-electron chi connectivity index (χ0n) is 21.6. The van der Waals surface area contributed by atoms with Gasteiger partial charge < -0.3 is 25.8 Å². The van der Waals surface area contributed by atoms with Crippen LogP contribution in [-0.2, 0) is 20.8 Å². The Bertz CT molecular complexity index is 828. The van der Waals surface area contributed by atoms with Crippen LogP contribution >= 0.6 is 0 Å². The van der Waals surface area contributed by atoms with Crippen LogP contribution in [0.4, 0.5) is 5.69 Å². The summed E-state index contributed by atoms with van der Waals surface area (Å²) in [4.78, 5) is 42.3. The third-order valence-corrected chi connectivity index (χ3v) is 7.40. The molecule has 0 bridgehead atoms. The second-order valence-corrected chi connectivity index (χ2v) is 10.0. The summed E-state index contributed by atoms with van der Waals surface area (Å²) >= 11 is 0. The number of rotatable bonds is 9. The van der Waals surface area contributed by atoms with Crippen molar-refractivity contribution in [1.29, 1.82) is 0 Å². The molecule has 3 N–H and O–H groups in total. The number of carbonyl (C=O) groups is 3. The highest BCUT2D eigenvalue weighted by molar-refractivity contribution is 5.95. The fourth-order valence-corrected chi connectivity index (χ4v) is 5.15. The molecule has 2 aliphatic rings. The van der Waals surface area contributed by atoms with Gasteiger partial charge in [0.25, 0.3) is 0 Å². The zero-order valence-corrected chi connectivity index (χ0v) is 21.6. The summed E-state index contributed by atoms with van der Waals surface area (Å²) in [5.74, 6) is 0.214. The van der Waals surface area contributed by atoms with Gasteiger partial charge in [0.05, 0.1) is 6.04 Å². The molecule has 1 heterocycles. The number of anilines is 1. The molecular weight excluding hydrogens is 442 g/mol. The van der Waals surface area contributed by atoms with Gasteiger partial charge in [0.2, 0.25) is 17.7 Å². The molecule has 1 aliphatic carbocycles. The number of nitrogens with zero attached hydrogens (tertiary/aromatic N) is 2. The van der Waals surface area contributed by atoms with E-state index in [1.54, 1.807) is 6.92 Å². The van der Waals surface area contributed by atoms with Gasteiger partial charge in [-0.25, -0.2) is 0 Å². The fraction of sp³-hybridized carbons (Fsp3) is 0.667. The van der Waals surface area contributed by atoms with Crippen molar-refractivity contribution >= 4 is 23.4 Å². The molecule has 0 spiro atoms. The lowest BCUT2D eigenvalue weighted by Gasteiger charge is -2.34. The van der Waals surface area contributed by atoms with Crippen LogP contribution in [-0.4, -0.2) is 79.9 Å². The van der Waals surface area contributed by atoms with Crippen molar-refractivity contribution in [1.82, 2.24) is 20.4 Å². The minimum absolute atomic E-state index is 0.00507. The van der Waals surface area contributed by atoms with Gasteiger partial charge in [-0.1, -0.05) is 44.7 Å². The van der Waals surface area contributed by atoms with E-state index in [4.69, 9.17) is 0 Å². The first-order valence-electron chi connectivity index (χ1n) is 13.2. The van der Waals surface area contributed by atoms with Crippen LogP contribution < -0.4 is 16.0 Å². The van der Waals surface area contributed by atoms with Crippen LogP contribution in [0.25, 0.3) is 0 Å². The molecule has 35 heavy (non-hydrogen) atoms. The van der Waals surface area contributed by atoms with Gasteiger partial charge in [-0.3, -0.25) is 14.4 Å². The normalized spacial score (nSPS) is 19.5. The highest BCUT2D eigenvalue weighted by Gasteiger charge is 2.29. The van der Waals surface area contributed by atoms with Crippen molar-refractivity contribution in [3.63, 3.8) is 0 Å². The van der Waals surface area contributed by atoms with Gasteiger partial charge in [0, 0.05) is 44.7 Å². The van der Waals surface area contributed by atoms with Gasteiger partial charge in [-0.2, -0.15) is 0 Å². The maximum atomic E-state index is 13.2. The summed E-state index contributed by atoms with van der Waals surface area (Å²) in [7, 11) is 3.91. The van der Waals surface area contributed by atoms with Gasteiger partial charge in [-0.05, 0) is 50.6 Å². The molecule has 0 unspecified atom stereocenters. The second-order valence-electron chi connectivity index (χ2n) is 10.0. The molecule has 1 aromatic rings. The van der Waals surface area contributed by atoms with E-state index in [2.05, 4.69) is 20.9 Å². The fourth-order valence-electron chi connectivity index (χ4n) is 5.15. The van der Waals surface area contributed by atoms with Gasteiger partial charge >= 0.3 is 0 Å². The highest BCUT2D eigenvalue weighted by Crippen LogP contribution is 2.26. The Morgan fingerprint density at radius 2 is 1.60 bits per heavy atom. The topological polar surface area (TPSA) is 93.8 Å². The summed E-state index contributed by atoms with van der Waals surface area (Å²) in [5, 5.41) is 9.20. The minimum atomic E-state index is -0.588. The molecule has 2 fully saturated rings. The first-order chi connectivity index (χ1) is 16.9. The molecule has 3 amide bonds. The van der Waals surface area contributed by atoms with Gasteiger partial charge in [0.15, 0.2) is 0 Å². The Balaban J connectivity index is 1.62. The molecular formula is C27H43N5O3. The lowest BCUT2D eigenvalue weighted by atomic mass is 9.91. The first-order valence-corrected chi connectivity index (χ1v) is 13.2. The van der Waals surface area contributed by atoms with Crippen LogP contribution in [0.2, 0.25) is 0 Å². The van der Waals surface area contributed by atoms with Crippen LogP contribution in [0.5, 0.6) is 0 Å². The number of amides is 3. The van der Waals surface area contributed by atoms with E-state index in [0.717, 1.165) is 37.2 Å². The third kappa shape index (κ3) is 8.04. The van der Waals surface area contributed by atoms with Crippen LogP contribution in [0.1, 0.15) is 57.4 Å². The summed E-state index contributed by atoms with van der Waals surface area (Å²) in [6, 6.07) is 6.84. The average Bonchev–Trinajstić information content (AvgIpc) is 3.14. The molecule has 1 aliphatic heterocycles. The summed E-state index contributed by atoms with van der Waals surface area (Å²) < 4.78 is 0. The number of likely N-dealkylation sites (N-methyl/N-ethyl adjacent to an activating group) is 2. The van der Waals surface area contributed by atoms with Crippen LogP contribution in [0.15, 0.2) is 24.3 Å². The molecule has 3 rings (SSSR count). The summed E-state index contributed by atoms with van der Waals surface area (Å²) in [6.07, 6.45) is 7.83. The van der Waals surface area contributed by atoms with E-state index < -0.39 is 6.04 Å². The molecule has 194 valence electrons. The molecule has 0 aromatic heterocycles. The maximum absolute atomic E-state index is 13.2. The van der Waals surface area contributed by atoms with E-state index in [9.17, 15) is 14.4 Å². The molecule has 8 nitrogen and oxygen atoms in total. The summed E-state index contributed by atoms with van der Waals surface area (Å²) in [5.41, 5.74) is 1.69. The maximum Gasteiger partial charge on any atom is 0.245 e. The van der Waals surface area contributed by atoms with E-state index in [1.807, 2.05) is 43.3 Å². The lowest BCUT2D eigenvalue weighted by Crippen LogP contribution is -2.54. The predicted molar refractivity (Wildman–Crippen MR) is 139 cm³/mol. The van der Waals surface area contributed by atoms with Crippen molar-refractivity contribution < 1.29 is 14.4 Å². The van der Waals surface area contributed by atoms with E-state index in [1.165, 1.54) is 25.7 Å². The Hall–Kier alpha value is -2.45. The monoisotopic (exact) mass is 485 g/mol. The number of piperazine rings is 1. The Kier molecular flexibility index (Phi) is 10.5. The number of hydrogen-bond acceptors (Lipinski definition) is 5. The van der Waals surface area contributed by atoms with Crippen LogP contribution in [0, 0.1) is 5.92 Å². The quantitative estimate of drug-likeness (QED) is 0.467. The molecule has 2 atom stereocenters. The average molecular weight is 486 g/mol. The predicted octanol–water partition coefficient (Wildman–Crippen LogP) is 2.39. The highest BCUT2D eigenvalue weighted by atomic mass is 16.2. The third-order valence-electron chi connectivity index (χ3n) is 7.40. The number of benzene rings is 1. The van der Waals surface area contributed by atoms with Crippen molar-refractivity contribution in [3.8, 4) is 0 Å². The molecule has 1 saturated carbocycles. The Morgan fingerprint density at radius 1 is 0.971 bits per heavy atom. The number of carbonyl (C=O) groups excluding carboxylic acids is 3. The van der Waals surface area contributed by atoms with Crippen molar-refractivity contribution in [2.24, 2.45) is 5.92 Å². The van der Waals surface area contributed by atoms with Crippen molar-refractivity contribution in [2.75, 3.05) is 45.6 Å². The lowest BCUT2D eigenvalue weighted by molar-refractivity contribution is -0.137. The molecule has 1 saturated heterocycles. The molecule has 0 radical (unpaired) electrons. The Morgan fingerprint density at radius 3 is 2.17 bits per heavy atom. The first kappa shape index (κ1) is 27.1.